The number of nitrogens with one attached hydrogen (secondary N) is 2. The molecule has 1 fully saturated rings. The minimum atomic E-state index is -0.754. The molecule has 0 bridgehead atoms. The number of hydrogen-bond acceptors (Lipinski definition) is 4. The molecule has 0 aliphatic heterocycles. The molecule has 94 valence electrons. The number of aromatic amines is 1. The molecule has 1 heterocycles. The maximum atomic E-state index is 11.6. The summed E-state index contributed by atoms with van der Waals surface area (Å²) in [4.78, 5) is 11.6. The van der Waals surface area contributed by atoms with Crippen LogP contribution in [0.2, 0.25) is 0 Å². The molecule has 1 amide bonds. The molecule has 6 heteroatoms. The Morgan fingerprint density at radius 2 is 2.12 bits per heavy atom. The maximum Gasteiger partial charge on any atom is 0.273 e. The highest BCUT2D eigenvalue weighted by Gasteiger charge is 2.28. The minimum absolute atomic E-state index is 0.252. The molecule has 1 saturated carbocycles. The van der Waals surface area contributed by atoms with Crippen LogP contribution in [-0.2, 0) is 0 Å². The van der Waals surface area contributed by atoms with Gasteiger partial charge in [-0.25, -0.2) is 0 Å². The molecule has 1 aliphatic rings. The lowest BCUT2D eigenvalue weighted by Crippen LogP contribution is -2.42. The molecule has 0 spiro atoms. The second-order valence-corrected chi connectivity index (χ2v) is 4.68. The van der Waals surface area contributed by atoms with Crippen molar-refractivity contribution in [3.8, 4) is 0 Å². The summed E-state index contributed by atoms with van der Waals surface area (Å²) in [6, 6.07) is 0. The number of aromatic nitrogens is 3. The summed E-state index contributed by atoms with van der Waals surface area (Å²) < 4.78 is 0. The van der Waals surface area contributed by atoms with E-state index in [0.717, 1.165) is 25.7 Å². The van der Waals surface area contributed by atoms with Crippen molar-refractivity contribution < 1.29 is 9.90 Å². The van der Waals surface area contributed by atoms with E-state index in [2.05, 4.69) is 20.7 Å². The third-order valence-corrected chi connectivity index (χ3v) is 3.26. The van der Waals surface area contributed by atoms with Crippen molar-refractivity contribution in [1.29, 1.82) is 0 Å². The lowest BCUT2D eigenvalue weighted by molar-refractivity contribution is 0.0246. The van der Waals surface area contributed by atoms with Crippen LogP contribution in [0.3, 0.4) is 0 Å². The molecule has 1 aliphatic carbocycles. The average molecular weight is 238 g/mol. The van der Waals surface area contributed by atoms with Gasteiger partial charge in [-0.15, -0.1) is 0 Å². The van der Waals surface area contributed by atoms with Crippen molar-refractivity contribution in [2.75, 3.05) is 6.54 Å². The zero-order valence-corrected chi connectivity index (χ0v) is 9.78. The van der Waals surface area contributed by atoms with E-state index in [9.17, 15) is 9.90 Å². The number of amides is 1. The molecule has 2 rings (SSSR count). The first kappa shape index (κ1) is 12.0. The molecule has 17 heavy (non-hydrogen) atoms. The van der Waals surface area contributed by atoms with Crippen LogP contribution >= 0.6 is 0 Å². The Kier molecular flexibility index (Phi) is 3.73. The van der Waals surface area contributed by atoms with Crippen molar-refractivity contribution >= 4 is 5.91 Å². The van der Waals surface area contributed by atoms with Gasteiger partial charge in [0.05, 0.1) is 11.8 Å². The van der Waals surface area contributed by atoms with Crippen molar-refractivity contribution in [3.05, 3.63) is 11.9 Å². The summed E-state index contributed by atoms with van der Waals surface area (Å²) in [5.41, 5.74) is -0.502. The van der Waals surface area contributed by atoms with Gasteiger partial charge in [-0.1, -0.05) is 25.7 Å². The summed E-state index contributed by atoms with van der Waals surface area (Å²) in [6.45, 7) is 0.290. The Labute approximate surface area is 99.8 Å². The summed E-state index contributed by atoms with van der Waals surface area (Å²) in [5, 5.41) is 22.7. The molecule has 6 nitrogen and oxygen atoms in total. The van der Waals surface area contributed by atoms with Gasteiger partial charge in [-0.2, -0.15) is 15.4 Å². The van der Waals surface area contributed by atoms with Gasteiger partial charge in [0.15, 0.2) is 5.69 Å². The predicted molar refractivity (Wildman–Crippen MR) is 61.4 cm³/mol. The summed E-state index contributed by atoms with van der Waals surface area (Å²) in [6.07, 6.45) is 7.26. The number of carbonyl (C=O) groups excluding carboxylic acids is 1. The van der Waals surface area contributed by atoms with Crippen LogP contribution in [0.4, 0.5) is 0 Å². The SMILES string of the molecule is O=C(NCC1(O)CCCCCC1)c1cn[nH]n1. The van der Waals surface area contributed by atoms with Crippen molar-refractivity contribution in [2.45, 2.75) is 44.1 Å². The highest BCUT2D eigenvalue weighted by atomic mass is 16.3. The molecule has 0 radical (unpaired) electrons. The highest BCUT2D eigenvalue weighted by Crippen LogP contribution is 2.26. The second kappa shape index (κ2) is 5.27. The molecular formula is C11H18N4O2. The summed E-state index contributed by atoms with van der Waals surface area (Å²) in [5.74, 6) is -0.295. The first-order chi connectivity index (χ1) is 8.20. The normalized spacial score (nSPS) is 19.6. The number of rotatable bonds is 3. The van der Waals surface area contributed by atoms with Crippen LogP contribution in [0.1, 0.15) is 49.0 Å². The number of H-pyrrole nitrogens is 1. The van der Waals surface area contributed by atoms with Crippen LogP contribution in [0.15, 0.2) is 6.20 Å². The first-order valence-corrected chi connectivity index (χ1v) is 6.06. The molecule has 0 aromatic carbocycles. The van der Waals surface area contributed by atoms with E-state index in [4.69, 9.17) is 0 Å². The van der Waals surface area contributed by atoms with E-state index < -0.39 is 5.60 Å². The fourth-order valence-electron chi connectivity index (χ4n) is 2.21. The number of carbonyl (C=O) groups is 1. The van der Waals surface area contributed by atoms with Gasteiger partial charge < -0.3 is 10.4 Å². The first-order valence-electron chi connectivity index (χ1n) is 6.06. The topological polar surface area (TPSA) is 90.9 Å². The van der Waals surface area contributed by atoms with Gasteiger partial charge in [0.25, 0.3) is 5.91 Å². The van der Waals surface area contributed by atoms with Crippen LogP contribution in [0, 0.1) is 0 Å². The lowest BCUT2D eigenvalue weighted by Gasteiger charge is -2.26. The predicted octanol–water partition coefficient (Wildman–Crippen LogP) is 0.620. The largest absolute Gasteiger partial charge is 0.388 e. The standard InChI is InChI=1S/C11H18N4O2/c16-10(9-7-13-15-14-9)12-8-11(17)5-3-1-2-4-6-11/h7,17H,1-6,8H2,(H,12,16)(H,13,14,15). The molecule has 1 aromatic heterocycles. The van der Waals surface area contributed by atoms with Crippen molar-refractivity contribution in [3.63, 3.8) is 0 Å². The van der Waals surface area contributed by atoms with E-state index in [1.54, 1.807) is 0 Å². The monoisotopic (exact) mass is 238 g/mol. The van der Waals surface area contributed by atoms with Crippen LogP contribution in [-0.4, -0.2) is 38.6 Å². The Hall–Kier alpha value is -1.43. The molecule has 0 atom stereocenters. The van der Waals surface area contributed by atoms with E-state index in [1.807, 2.05) is 0 Å². The lowest BCUT2D eigenvalue weighted by atomic mass is 9.94. The third-order valence-electron chi connectivity index (χ3n) is 3.26. The van der Waals surface area contributed by atoms with Crippen LogP contribution in [0.25, 0.3) is 0 Å². The Bertz CT molecular complexity index is 356. The second-order valence-electron chi connectivity index (χ2n) is 4.68. The van der Waals surface area contributed by atoms with Gasteiger partial charge in [-0.05, 0) is 12.8 Å². The Morgan fingerprint density at radius 1 is 1.41 bits per heavy atom. The summed E-state index contributed by atoms with van der Waals surface area (Å²) >= 11 is 0. The number of nitrogens with zero attached hydrogens (tertiary/aromatic N) is 2. The minimum Gasteiger partial charge on any atom is -0.388 e. The van der Waals surface area contributed by atoms with E-state index in [1.165, 1.54) is 19.0 Å². The summed E-state index contributed by atoms with van der Waals surface area (Å²) in [7, 11) is 0. The Morgan fingerprint density at radius 3 is 2.71 bits per heavy atom. The Balaban J connectivity index is 1.86. The molecular weight excluding hydrogens is 220 g/mol. The van der Waals surface area contributed by atoms with Gasteiger partial charge in [0, 0.05) is 6.54 Å². The average Bonchev–Trinajstić information content (AvgIpc) is 2.77. The van der Waals surface area contributed by atoms with Crippen LogP contribution in [0.5, 0.6) is 0 Å². The maximum absolute atomic E-state index is 11.6. The third kappa shape index (κ3) is 3.26. The number of aliphatic hydroxyl groups is 1. The van der Waals surface area contributed by atoms with E-state index in [0.29, 0.717) is 6.54 Å². The van der Waals surface area contributed by atoms with Gasteiger partial charge >= 0.3 is 0 Å². The van der Waals surface area contributed by atoms with Crippen molar-refractivity contribution in [2.24, 2.45) is 0 Å². The van der Waals surface area contributed by atoms with Gasteiger partial charge in [-0.3, -0.25) is 4.79 Å². The molecule has 1 aromatic rings. The van der Waals surface area contributed by atoms with E-state index >= 15 is 0 Å². The van der Waals surface area contributed by atoms with Gasteiger partial charge in [0.1, 0.15) is 0 Å². The zero-order chi connectivity index (χ0) is 12.1. The van der Waals surface area contributed by atoms with E-state index in [-0.39, 0.29) is 11.6 Å². The smallest absolute Gasteiger partial charge is 0.273 e. The van der Waals surface area contributed by atoms with Crippen molar-refractivity contribution in [1.82, 2.24) is 20.7 Å². The molecule has 3 N–H and O–H groups in total. The zero-order valence-electron chi connectivity index (χ0n) is 9.78. The quantitative estimate of drug-likeness (QED) is 0.673. The fraction of sp³-hybridized carbons (Fsp3) is 0.727. The molecule has 0 saturated heterocycles. The number of hydrogen-bond donors (Lipinski definition) is 3. The highest BCUT2D eigenvalue weighted by molar-refractivity contribution is 5.91. The van der Waals surface area contributed by atoms with Gasteiger partial charge in [0.2, 0.25) is 0 Å². The molecule has 0 unspecified atom stereocenters. The van der Waals surface area contributed by atoms with Crippen LogP contribution < -0.4 is 5.32 Å². The fourth-order valence-corrected chi connectivity index (χ4v) is 2.21.